The van der Waals surface area contributed by atoms with E-state index in [0.717, 1.165) is 10.8 Å². The van der Waals surface area contributed by atoms with Crippen molar-refractivity contribution in [3.63, 3.8) is 0 Å². The number of benzene rings is 1. The fourth-order valence-corrected chi connectivity index (χ4v) is 3.59. The molecule has 114 valence electrons. The van der Waals surface area contributed by atoms with Gasteiger partial charge >= 0.3 is 0 Å². The second kappa shape index (κ2) is 6.95. The minimum absolute atomic E-state index is 0.278. The van der Waals surface area contributed by atoms with Crippen LogP contribution >= 0.6 is 22.9 Å². The van der Waals surface area contributed by atoms with Gasteiger partial charge in [0.1, 0.15) is 0 Å². The lowest BCUT2D eigenvalue weighted by molar-refractivity contribution is 0.298. The van der Waals surface area contributed by atoms with Crippen LogP contribution in [0, 0.1) is 5.41 Å². The molecular weight excluding hydrogens is 298 g/mol. The summed E-state index contributed by atoms with van der Waals surface area (Å²) in [6, 6.07) is 15.4. The average molecular weight is 322 g/mol. The molecule has 0 amide bonds. The Morgan fingerprint density at radius 1 is 1.10 bits per heavy atom. The molecule has 0 fully saturated rings. The molecule has 2 aromatic rings. The van der Waals surface area contributed by atoms with Gasteiger partial charge in [-0.3, -0.25) is 0 Å². The Morgan fingerprint density at radius 2 is 1.76 bits per heavy atom. The summed E-state index contributed by atoms with van der Waals surface area (Å²) >= 11 is 7.71. The van der Waals surface area contributed by atoms with E-state index in [2.05, 4.69) is 69.4 Å². The minimum atomic E-state index is 0.278. The standard InChI is InChI=1S/C18H24ClNS/c1-13(16-10-11-17(19)21-16)20-15(12-18(2,3)4)14-8-6-5-7-9-14/h5-11,13,15,20H,12H2,1-4H3. The van der Waals surface area contributed by atoms with E-state index in [9.17, 15) is 0 Å². The van der Waals surface area contributed by atoms with E-state index in [4.69, 9.17) is 11.6 Å². The molecule has 1 N–H and O–H groups in total. The van der Waals surface area contributed by atoms with Gasteiger partial charge in [-0.05, 0) is 36.5 Å². The summed E-state index contributed by atoms with van der Waals surface area (Å²) in [5.41, 5.74) is 1.63. The molecule has 0 bridgehead atoms. The molecule has 2 atom stereocenters. The van der Waals surface area contributed by atoms with Crippen molar-refractivity contribution in [3.05, 3.63) is 57.2 Å². The summed E-state index contributed by atoms with van der Waals surface area (Å²) < 4.78 is 0.853. The van der Waals surface area contributed by atoms with Crippen LogP contribution in [0.25, 0.3) is 0 Å². The normalized spacial score (nSPS) is 14.9. The first-order valence-corrected chi connectivity index (χ1v) is 8.61. The summed E-state index contributed by atoms with van der Waals surface area (Å²) in [6.45, 7) is 9.08. The predicted molar refractivity (Wildman–Crippen MR) is 94.1 cm³/mol. The second-order valence-electron chi connectivity index (χ2n) is 6.76. The van der Waals surface area contributed by atoms with Crippen molar-refractivity contribution in [1.82, 2.24) is 5.32 Å². The molecule has 1 heterocycles. The Labute approximate surface area is 137 Å². The molecule has 21 heavy (non-hydrogen) atoms. The van der Waals surface area contributed by atoms with Gasteiger partial charge < -0.3 is 5.32 Å². The van der Waals surface area contributed by atoms with E-state index in [0.29, 0.717) is 12.1 Å². The quantitative estimate of drug-likeness (QED) is 0.688. The highest BCUT2D eigenvalue weighted by Crippen LogP contribution is 2.33. The summed E-state index contributed by atoms with van der Waals surface area (Å²) in [7, 11) is 0. The molecule has 0 aliphatic carbocycles. The van der Waals surface area contributed by atoms with E-state index in [1.807, 2.05) is 6.07 Å². The molecular formula is C18H24ClNS. The van der Waals surface area contributed by atoms with Gasteiger partial charge in [0.15, 0.2) is 0 Å². The summed E-state index contributed by atoms with van der Waals surface area (Å²) in [4.78, 5) is 1.29. The topological polar surface area (TPSA) is 12.0 Å². The molecule has 0 radical (unpaired) electrons. The van der Waals surface area contributed by atoms with E-state index in [-0.39, 0.29) is 5.41 Å². The third kappa shape index (κ3) is 5.14. The van der Waals surface area contributed by atoms with Gasteiger partial charge in [-0.2, -0.15) is 0 Å². The summed E-state index contributed by atoms with van der Waals surface area (Å²) in [5, 5.41) is 3.77. The molecule has 1 nitrogen and oxygen atoms in total. The Bertz CT molecular complexity index is 556. The number of nitrogens with one attached hydrogen (secondary N) is 1. The third-order valence-electron chi connectivity index (χ3n) is 3.49. The van der Waals surface area contributed by atoms with Gasteiger partial charge in [-0.1, -0.05) is 62.7 Å². The fourth-order valence-electron chi connectivity index (χ4n) is 2.52. The first-order valence-electron chi connectivity index (χ1n) is 7.41. The van der Waals surface area contributed by atoms with E-state index >= 15 is 0 Å². The number of hydrogen-bond donors (Lipinski definition) is 1. The maximum absolute atomic E-state index is 6.06. The Hall–Kier alpha value is -0.830. The Balaban J connectivity index is 2.16. The number of thiophene rings is 1. The zero-order chi connectivity index (χ0) is 15.5. The zero-order valence-electron chi connectivity index (χ0n) is 13.2. The average Bonchev–Trinajstić information content (AvgIpc) is 2.84. The summed E-state index contributed by atoms with van der Waals surface area (Å²) in [5.74, 6) is 0. The van der Waals surface area contributed by atoms with E-state index in [1.165, 1.54) is 10.4 Å². The number of halogens is 1. The van der Waals surface area contributed by atoms with Crippen molar-refractivity contribution in [2.24, 2.45) is 5.41 Å². The van der Waals surface area contributed by atoms with Gasteiger partial charge in [-0.15, -0.1) is 11.3 Å². The van der Waals surface area contributed by atoms with Crippen LogP contribution in [0.3, 0.4) is 0 Å². The highest BCUT2D eigenvalue weighted by molar-refractivity contribution is 7.16. The van der Waals surface area contributed by atoms with Crippen LogP contribution in [-0.4, -0.2) is 0 Å². The van der Waals surface area contributed by atoms with Crippen LogP contribution in [-0.2, 0) is 0 Å². The zero-order valence-corrected chi connectivity index (χ0v) is 14.8. The van der Waals surface area contributed by atoms with Crippen molar-refractivity contribution in [2.45, 2.75) is 46.2 Å². The Morgan fingerprint density at radius 3 is 2.29 bits per heavy atom. The van der Waals surface area contributed by atoms with Gasteiger partial charge in [0.25, 0.3) is 0 Å². The Kier molecular flexibility index (Phi) is 5.48. The first kappa shape index (κ1) is 16.5. The van der Waals surface area contributed by atoms with Crippen LogP contribution < -0.4 is 5.32 Å². The van der Waals surface area contributed by atoms with Crippen LogP contribution in [0.1, 0.15) is 56.6 Å². The molecule has 0 aliphatic heterocycles. The van der Waals surface area contributed by atoms with Gasteiger partial charge in [0.2, 0.25) is 0 Å². The van der Waals surface area contributed by atoms with Crippen molar-refractivity contribution in [2.75, 3.05) is 0 Å². The third-order valence-corrected chi connectivity index (χ3v) is 4.90. The lowest BCUT2D eigenvalue weighted by atomic mass is 9.85. The largest absolute Gasteiger partial charge is 0.303 e. The van der Waals surface area contributed by atoms with Crippen LogP contribution in [0.2, 0.25) is 4.34 Å². The molecule has 1 aromatic heterocycles. The maximum Gasteiger partial charge on any atom is 0.0931 e. The lowest BCUT2D eigenvalue weighted by Crippen LogP contribution is -2.27. The monoisotopic (exact) mass is 321 g/mol. The van der Waals surface area contributed by atoms with Crippen LogP contribution in [0.4, 0.5) is 0 Å². The fraction of sp³-hybridized carbons (Fsp3) is 0.444. The maximum atomic E-state index is 6.06. The van der Waals surface area contributed by atoms with Crippen LogP contribution in [0.5, 0.6) is 0 Å². The number of rotatable bonds is 5. The molecule has 0 spiro atoms. The first-order chi connectivity index (χ1) is 9.85. The van der Waals surface area contributed by atoms with Gasteiger partial charge in [0, 0.05) is 17.0 Å². The number of hydrogen-bond acceptors (Lipinski definition) is 2. The SMILES string of the molecule is CC(NC(CC(C)(C)C)c1ccccc1)c1ccc(Cl)s1. The van der Waals surface area contributed by atoms with Crippen molar-refractivity contribution >= 4 is 22.9 Å². The minimum Gasteiger partial charge on any atom is -0.303 e. The van der Waals surface area contributed by atoms with Gasteiger partial charge in [0.05, 0.1) is 4.34 Å². The molecule has 1 aromatic carbocycles. The van der Waals surface area contributed by atoms with Gasteiger partial charge in [-0.25, -0.2) is 0 Å². The van der Waals surface area contributed by atoms with E-state index in [1.54, 1.807) is 11.3 Å². The van der Waals surface area contributed by atoms with Crippen molar-refractivity contribution < 1.29 is 0 Å². The molecule has 0 saturated carbocycles. The lowest BCUT2D eigenvalue weighted by Gasteiger charge is -2.29. The predicted octanol–water partition coefficient (Wildman–Crippen LogP) is 6.23. The van der Waals surface area contributed by atoms with Crippen molar-refractivity contribution in [3.8, 4) is 0 Å². The molecule has 2 rings (SSSR count). The molecule has 0 saturated heterocycles. The summed E-state index contributed by atoms with van der Waals surface area (Å²) in [6.07, 6.45) is 1.10. The second-order valence-corrected chi connectivity index (χ2v) is 8.50. The molecule has 3 heteroatoms. The smallest absolute Gasteiger partial charge is 0.0931 e. The molecule has 2 unspecified atom stereocenters. The highest BCUT2D eigenvalue weighted by Gasteiger charge is 2.22. The van der Waals surface area contributed by atoms with E-state index < -0.39 is 0 Å². The molecule has 0 aliphatic rings. The highest BCUT2D eigenvalue weighted by atomic mass is 35.5. The van der Waals surface area contributed by atoms with Crippen LogP contribution in [0.15, 0.2) is 42.5 Å². The van der Waals surface area contributed by atoms with Crippen molar-refractivity contribution in [1.29, 1.82) is 0 Å².